The molecule has 0 aromatic heterocycles. The van der Waals surface area contributed by atoms with Gasteiger partial charge in [-0.2, -0.15) is 0 Å². The van der Waals surface area contributed by atoms with Crippen molar-refractivity contribution in [1.82, 2.24) is 5.32 Å². The molecule has 0 heterocycles. The Bertz CT molecular complexity index is 816. The maximum absolute atomic E-state index is 12.5. The molecule has 2 aromatic carbocycles. The van der Waals surface area contributed by atoms with Crippen LogP contribution in [0.1, 0.15) is 42.4 Å². The molecular formula is C23H27NO4. The van der Waals surface area contributed by atoms with Gasteiger partial charge in [-0.05, 0) is 43.0 Å². The summed E-state index contributed by atoms with van der Waals surface area (Å²) in [5.41, 5.74) is 3.24. The number of aryl methyl sites for hydroxylation is 1. The van der Waals surface area contributed by atoms with Crippen LogP contribution in [0.25, 0.3) is 0 Å². The van der Waals surface area contributed by atoms with E-state index in [1.807, 2.05) is 43.3 Å². The highest BCUT2D eigenvalue weighted by Gasteiger charge is 2.35. The first-order valence-electron chi connectivity index (χ1n) is 9.81. The Morgan fingerprint density at radius 2 is 1.75 bits per heavy atom. The van der Waals surface area contributed by atoms with E-state index >= 15 is 0 Å². The maximum atomic E-state index is 12.5. The summed E-state index contributed by atoms with van der Waals surface area (Å²) in [4.78, 5) is 23.9. The molecule has 2 aromatic rings. The Hall–Kier alpha value is -2.82. The fraction of sp³-hybridized carbons (Fsp3) is 0.391. The van der Waals surface area contributed by atoms with E-state index < -0.39 is 17.8 Å². The van der Waals surface area contributed by atoms with Crippen molar-refractivity contribution >= 4 is 11.9 Å². The molecule has 1 amide bonds. The van der Waals surface area contributed by atoms with E-state index in [0.29, 0.717) is 26.0 Å². The van der Waals surface area contributed by atoms with E-state index in [0.717, 1.165) is 29.7 Å². The minimum atomic E-state index is -0.869. The molecule has 1 saturated carbocycles. The number of hydrogen-bond acceptors (Lipinski definition) is 3. The number of carboxylic acids is 1. The Balaban J connectivity index is 1.54. The fourth-order valence-corrected chi connectivity index (χ4v) is 3.66. The number of ether oxygens (including phenoxy) is 1. The third-order valence-electron chi connectivity index (χ3n) is 5.31. The van der Waals surface area contributed by atoms with Gasteiger partial charge in [0.05, 0.1) is 11.8 Å². The van der Waals surface area contributed by atoms with Gasteiger partial charge in [0.2, 0.25) is 5.91 Å². The second-order valence-electron chi connectivity index (χ2n) is 7.48. The first-order chi connectivity index (χ1) is 13.5. The summed E-state index contributed by atoms with van der Waals surface area (Å²) >= 11 is 0. The minimum absolute atomic E-state index is 0.168. The van der Waals surface area contributed by atoms with E-state index in [-0.39, 0.29) is 5.91 Å². The van der Waals surface area contributed by atoms with Gasteiger partial charge in [0.15, 0.2) is 0 Å². The molecule has 28 heavy (non-hydrogen) atoms. The smallest absolute Gasteiger partial charge is 0.307 e. The number of nitrogens with one attached hydrogen (secondary N) is 1. The van der Waals surface area contributed by atoms with Crippen LogP contribution in [0.5, 0.6) is 5.75 Å². The SMILES string of the molecule is Cc1ccc(COc2cccc(CNC(=O)C3CCCCC3C(=O)O)c2)cc1. The number of amides is 1. The van der Waals surface area contributed by atoms with Crippen molar-refractivity contribution in [2.45, 2.75) is 45.8 Å². The van der Waals surface area contributed by atoms with Crippen LogP contribution in [0.15, 0.2) is 48.5 Å². The molecule has 3 rings (SSSR count). The number of carbonyl (C=O) groups is 2. The highest BCUT2D eigenvalue weighted by Crippen LogP contribution is 2.30. The lowest BCUT2D eigenvalue weighted by molar-refractivity contribution is -0.148. The van der Waals surface area contributed by atoms with Crippen LogP contribution < -0.4 is 10.1 Å². The number of hydrogen-bond donors (Lipinski definition) is 2. The van der Waals surface area contributed by atoms with Gasteiger partial charge in [-0.3, -0.25) is 9.59 Å². The first kappa shape index (κ1) is 19.9. The summed E-state index contributed by atoms with van der Waals surface area (Å²) in [6.07, 6.45) is 3.00. The topological polar surface area (TPSA) is 75.6 Å². The summed E-state index contributed by atoms with van der Waals surface area (Å²) in [7, 11) is 0. The van der Waals surface area contributed by atoms with Crippen LogP contribution in [0.4, 0.5) is 0 Å². The molecule has 2 N–H and O–H groups in total. The van der Waals surface area contributed by atoms with Gasteiger partial charge in [0.25, 0.3) is 0 Å². The van der Waals surface area contributed by atoms with E-state index in [2.05, 4.69) is 17.4 Å². The molecular weight excluding hydrogens is 354 g/mol. The molecule has 1 aliphatic rings. The van der Waals surface area contributed by atoms with Gasteiger partial charge >= 0.3 is 5.97 Å². The standard InChI is InChI=1S/C23H27NO4/c1-16-9-11-17(12-10-16)15-28-19-6-4-5-18(13-19)14-24-22(25)20-7-2-3-8-21(20)23(26)27/h4-6,9-13,20-21H,2-3,7-8,14-15H2,1H3,(H,24,25)(H,26,27). The predicted molar refractivity (Wildman–Crippen MR) is 107 cm³/mol. The van der Waals surface area contributed by atoms with Crippen LogP contribution in [-0.4, -0.2) is 17.0 Å². The summed E-state index contributed by atoms with van der Waals surface area (Å²) < 4.78 is 5.85. The second-order valence-corrected chi connectivity index (χ2v) is 7.48. The zero-order chi connectivity index (χ0) is 19.9. The van der Waals surface area contributed by atoms with Crippen LogP contribution >= 0.6 is 0 Å². The van der Waals surface area contributed by atoms with Gasteiger partial charge in [-0.1, -0.05) is 54.8 Å². The highest BCUT2D eigenvalue weighted by molar-refractivity contribution is 5.84. The van der Waals surface area contributed by atoms with Gasteiger partial charge in [-0.25, -0.2) is 0 Å². The summed E-state index contributed by atoms with van der Waals surface area (Å²) in [6, 6.07) is 15.8. The minimum Gasteiger partial charge on any atom is -0.489 e. The number of carbonyl (C=O) groups excluding carboxylic acids is 1. The third-order valence-corrected chi connectivity index (χ3v) is 5.31. The Morgan fingerprint density at radius 1 is 1.04 bits per heavy atom. The Morgan fingerprint density at radius 3 is 2.46 bits per heavy atom. The molecule has 1 aliphatic carbocycles. The highest BCUT2D eigenvalue weighted by atomic mass is 16.5. The number of carboxylic acid groups (broad SMARTS) is 1. The normalized spacial score (nSPS) is 19.0. The first-order valence-corrected chi connectivity index (χ1v) is 9.81. The zero-order valence-electron chi connectivity index (χ0n) is 16.2. The quantitative estimate of drug-likeness (QED) is 0.758. The van der Waals surface area contributed by atoms with Crippen LogP contribution in [0.3, 0.4) is 0 Å². The number of benzene rings is 2. The van der Waals surface area contributed by atoms with Gasteiger partial charge in [-0.15, -0.1) is 0 Å². The van der Waals surface area contributed by atoms with Gasteiger partial charge in [0.1, 0.15) is 12.4 Å². The fourth-order valence-electron chi connectivity index (χ4n) is 3.66. The third kappa shape index (κ3) is 5.35. The Labute approximate surface area is 165 Å². The van der Waals surface area contributed by atoms with E-state index in [4.69, 9.17) is 4.74 Å². The maximum Gasteiger partial charge on any atom is 0.307 e. The molecule has 5 nitrogen and oxygen atoms in total. The van der Waals surface area contributed by atoms with Crippen molar-refractivity contribution in [2.24, 2.45) is 11.8 Å². The molecule has 0 spiro atoms. The molecule has 2 unspecified atom stereocenters. The predicted octanol–water partition coefficient (Wildman–Crippen LogP) is 4.08. The average Bonchev–Trinajstić information content (AvgIpc) is 2.72. The average molecular weight is 381 g/mol. The van der Waals surface area contributed by atoms with Crippen molar-refractivity contribution in [1.29, 1.82) is 0 Å². The largest absolute Gasteiger partial charge is 0.489 e. The molecule has 0 aliphatic heterocycles. The van der Waals surface area contributed by atoms with Crippen LogP contribution in [0.2, 0.25) is 0 Å². The number of aliphatic carboxylic acids is 1. The lowest BCUT2D eigenvalue weighted by Crippen LogP contribution is -2.39. The zero-order valence-corrected chi connectivity index (χ0v) is 16.2. The van der Waals surface area contributed by atoms with Crippen molar-refractivity contribution in [2.75, 3.05) is 0 Å². The van der Waals surface area contributed by atoms with E-state index in [1.165, 1.54) is 5.56 Å². The molecule has 148 valence electrons. The second kappa shape index (κ2) is 9.40. The lowest BCUT2D eigenvalue weighted by atomic mass is 9.78. The monoisotopic (exact) mass is 381 g/mol. The van der Waals surface area contributed by atoms with Gasteiger partial charge in [0, 0.05) is 6.54 Å². The van der Waals surface area contributed by atoms with Crippen molar-refractivity contribution in [3.05, 3.63) is 65.2 Å². The molecule has 0 radical (unpaired) electrons. The summed E-state index contributed by atoms with van der Waals surface area (Å²) in [5, 5.41) is 12.3. The molecule has 5 heteroatoms. The van der Waals surface area contributed by atoms with Crippen molar-refractivity contribution in [3.8, 4) is 5.75 Å². The summed E-state index contributed by atoms with van der Waals surface area (Å²) in [5.74, 6) is -1.30. The van der Waals surface area contributed by atoms with E-state index in [9.17, 15) is 14.7 Å². The molecule has 0 saturated heterocycles. The van der Waals surface area contributed by atoms with Crippen molar-refractivity contribution < 1.29 is 19.4 Å². The molecule has 0 bridgehead atoms. The summed E-state index contributed by atoms with van der Waals surface area (Å²) in [6.45, 7) is 2.90. The van der Waals surface area contributed by atoms with Gasteiger partial charge < -0.3 is 15.2 Å². The Kier molecular flexibility index (Phi) is 6.69. The van der Waals surface area contributed by atoms with Crippen LogP contribution in [-0.2, 0) is 22.7 Å². The van der Waals surface area contributed by atoms with E-state index in [1.54, 1.807) is 0 Å². The number of rotatable bonds is 7. The van der Waals surface area contributed by atoms with Crippen LogP contribution in [0, 0.1) is 18.8 Å². The van der Waals surface area contributed by atoms with Crippen molar-refractivity contribution in [3.63, 3.8) is 0 Å². The lowest BCUT2D eigenvalue weighted by Gasteiger charge is -2.27. The molecule has 1 fully saturated rings. The molecule has 2 atom stereocenters.